The molecule has 2 rings (SSSR count). The summed E-state index contributed by atoms with van der Waals surface area (Å²) in [7, 11) is -7.58. The van der Waals surface area contributed by atoms with Crippen molar-refractivity contribution in [2.24, 2.45) is 0 Å². The second kappa shape index (κ2) is 7.80. The summed E-state index contributed by atoms with van der Waals surface area (Å²) in [6, 6.07) is 9.00. The van der Waals surface area contributed by atoms with Crippen molar-refractivity contribution >= 4 is 67.5 Å². The zero-order valence-electron chi connectivity index (χ0n) is 16.0. The maximum absolute atomic E-state index is 13.2. The molecule has 2 aromatic carbocycles. The number of sulfone groups is 2. The molecule has 0 saturated carbocycles. The van der Waals surface area contributed by atoms with Crippen LogP contribution < -0.4 is 0 Å². The van der Waals surface area contributed by atoms with Gasteiger partial charge >= 0.3 is 0 Å². The highest BCUT2D eigenvalue weighted by Gasteiger charge is 2.37. The SMILES string of the molecule is Cc1cc(C(C)(C)C)cc(C)c1S(=O)(=O)c1ccc(S(=O)(=O)C(Br)(Br)Br)cc1. The number of rotatable bonds is 3. The van der Waals surface area contributed by atoms with Gasteiger partial charge in [0, 0.05) is 0 Å². The lowest BCUT2D eigenvalue weighted by Gasteiger charge is -2.22. The molecule has 4 nitrogen and oxygen atoms in total. The number of alkyl halides is 3. The Bertz CT molecular complexity index is 1080. The smallest absolute Gasteiger partial charge is 0.220 e. The monoisotopic (exact) mass is 614 g/mol. The first-order chi connectivity index (χ1) is 12.5. The van der Waals surface area contributed by atoms with Crippen LogP contribution in [0.2, 0.25) is 0 Å². The molecule has 0 aliphatic rings. The Hall–Kier alpha value is -0.220. The van der Waals surface area contributed by atoms with Gasteiger partial charge < -0.3 is 0 Å². The van der Waals surface area contributed by atoms with Gasteiger partial charge in [-0.2, -0.15) is 0 Å². The third kappa shape index (κ3) is 4.58. The lowest BCUT2D eigenvalue weighted by Crippen LogP contribution is -2.18. The summed E-state index contributed by atoms with van der Waals surface area (Å²) in [5.41, 5.74) is 2.30. The molecule has 0 atom stereocenters. The van der Waals surface area contributed by atoms with Crippen LogP contribution >= 0.6 is 47.8 Å². The van der Waals surface area contributed by atoms with Gasteiger partial charge in [-0.1, -0.05) is 32.9 Å². The van der Waals surface area contributed by atoms with E-state index in [0.29, 0.717) is 11.1 Å². The highest BCUT2D eigenvalue weighted by Crippen LogP contribution is 2.43. The van der Waals surface area contributed by atoms with Crippen LogP contribution in [-0.4, -0.2) is 18.3 Å². The molecule has 154 valence electrons. The number of hydrogen-bond donors (Lipinski definition) is 0. The Morgan fingerprint density at radius 3 is 1.50 bits per heavy atom. The van der Waals surface area contributed by atoms with Crippen molar-refractivity contribution in [3.05, 3.63) is 53.1 Å². The van der Waals surface area contributed by atoms with E-state index in [1.807, 2.05) is 12.1 Å². The summed E-state index contributed by atoms with van der Waals surface area (Å²) in [4.78, 5) is 0.283. The lowest BCUT2D eigenvalue weighted by molar-refractivity contribution is 0.583. The van der Waals surface area contributed by atoms with Crippen LogP contribution in [0, 0.1) is 13.8 Å². The Labute approximate surface area is 192 Å². The van der Waals surface area contributed by atoms with E-state index in [1.54, 1.807) is 13.8 Å². The minimum absolute atomic E-state index is 0.0198. The van der Waals surface area contributed by atoms with Crippen LogP contribution in [-0.2, 0) is 25.1 Å². The Morgan fingerprint density at radius 1 is 0.750 bits per heavy atom. The fourth-order valence-electron chi connectivity index (χ4n) is 2.86. The molecule has 0 unspecified atom stereocenters. The predicted molar refractivity (Wildman–Crippen MR) is 123 cm³/mol. The quantitative estimate of drug-likeness (QED) is 0.397. The van der Waals surface area contributed by atoms with Crippen LogP contribution in [0.3, 0.4) is 0 Å². The third-order valence-corrected chi connectivity index (χ3v) is 11.8. The van der Waals surface area contributed by atoms with Gasteiger partial charge in [0.25, 0.3) is 0 Å². The van der Waals surface area contributed by atoms with Crippen LogP contribution in [0.25, 0.3) is 0 Å². The van der Waals surface area contributed by atoms with Gasteiger partial charge in [0.15, 0.2) is 0 Å². The van der Waals surface area contributed by atoms with E-state index in [-0.39, 0.29) is 20.1 Å². The zero-order chi connectivity index (χ0) is 21.7. The molecular formula is C19H21Br3O4S2. The lowest BCUT2D eigenvalue weighted by atomic mass is 9.85. The molecule has 0 aromatic heterocycles. The molecule has 0 heterocycles. The first kappa shape index (κ1) is 24.1. The van der Waals surface area contributed by atoms with E-state index in [9.17, 15) is 16.8 Å². The molecule has 0 fully saturated rings. The van der Waals surface area contributed by atoms with E-state index in [0.717, 1.165) is 5.56 Å². The van der Waals surface area contributed by atoms with Gasteiger partial charge in [-0.25, -0.2) is 16.8 Å². The number of hydrogen-bond acceptors (Lipinski definition) is 4. The molecule has 2 aromatic rings. The van der Waals surface area contributed by atoms with Gasteiger partial charge in [-0.05, 0) is 108 Å². The van der Waals surface area contributed by atoms with E-state index < -0.39 is 21.1 Å². The van der Waals surface area contributed by atoms with E-state index in [2.05, 4.69) is 68.6 Å². The van der Waals surface area contributed by atoms with Gasteiger partial charge in [-0.15, -0.1) is 0 Å². The summed E-state index contributed by atoms with van der Waals surface area (Å²) in [5, 5.41) is 0. The van der Waals surface area contributed by atoms with Crippen LogP contribution in [0.1, 0.15) is 37.5 Å². The summed E-state index contributed by atoms with van der Waals surface area (Å²) < 4.78 is 49.8. The van der Waals surface area contributed by atoms with Crippen molar-refractivity contribution in [3.8, 4) is 0 Å². The molecule has 0 radical (unpaired) electrons. The normalized spacial score (nSPS) is 13.6. The molecule has 0 spiro atoms. The summed E-state index contributed by atoms with van der Waals surface area (Å²) in [6.07, 6.45) is 0. The Balaban J connectivity index is 2.58. The molecule has 28 heavy (non-hydrogen) atoms. The van der Waals surface area contributed by atoms with Crippen LogP contribution in [0.5, 0.6) is 0 Å². The van der Waals surface area contributed by atoms with Crippen molar-refractivity contribution < 1.29 is 16.8 Å². The van der Waals surface area contributed by atoms with E-state index in [1.165, 1.54) is 24.3 Å². The van der Waals surface area contributed by atoms with Gasteiger partial charge in [0.05, 0.1) is 14.7 Å². The minimum Gasteiger partial charge on any atom is -0.220 e. The third-order valence-electron chi connectivity index (χ3n) is 4.34. The average molecular weight is 617 g/mol. The van der Waals surface area contributed by atoms with Gasteiger partial charge in [-0.3, -0.25) is 0 Å². The van der Waals surface area contributed by atoms with Crippen LogP contribution in [0.15, 0.2) is 51.1 Å². The second-order valence-corrected chi connectivity index (χ2v) is 19.9. The topological polar surface area (TPSA) is 68.3 Å². The van der Waals surface area contributed by atoms with Gasteiger partial charge in [0.1, 0.15) is 0 Å². The maximum Gasteiger partial charge on any atom is 0.239 e. The van der Waals surface area contributed by atoms with Gasteiger partial charge in [0.2, 0.25) is 21.1 Å². The molecule has 0 aliphatic carbocycles. The van der Waals surface area contributed by atoms with Crippen molar-refractivity contribution in [1.29, 1.82) is 0 Å². The average Bonchev–Trinajstić information content (AvgIpc) is 2.52. The highest BCUT2D eigenvalue weighted by atomic mass is 80.0. The predicted octanol–water partition coefficient (Wildman–Crippen LogP) is 6.00. The Kier molecular flexibility index (Phi) is 6.70. The molecule has 0 N–H and O–H groups in total. The molecule has 0 aliphatic heterocycles. The number of halogens is 3. The first-order valence-corrected chi connectivity index (χ1v) is 13.6. The number of benzene rings is 2. The molecular weight excluding hydrogens is 596 g/mol. The molecule has 0 bridgehead atoms. The fraction of sp³-hybridized carbons (Fsp3) is 0.368. The second-order valence-electron chi connectivity index (χ2n) is 7.61. The summed E-state index contributed by atoms with van der Waals surface area (Å²) in [6.45, 7) is 9.79. The summed E-state index contributed by atoms with van der Waals surface area (Å²) >= 11 is 9.00. The first-order valence-electron chi connectivity index (χ1n) is 8.28. The summed E-state index contributed by atoms with van der Waals surface area (Å²) in [5.74, 6) is 0. The van der Waals surface area contributed by atoms with Crippen LogP contribution in [0.4, 0.5) is 0 Å². The highest BCUT2D eigenvalue weighted by molar-refractivity contribution is 9.42. The standard InChI is InChI=1S/C19H21Br3O4S2/c1-12-10-14(18(3,4)5)11-13(2)17(12)27(23,24)15-6-8-16(9-7-15)28(25,26)19(20,21)22/h6-11H,1-5H3. The minimum atomic E-state index is -3.79. The fourth-order valence-corrected chi connectivity index (χ4v) is 7.00. The zero-order valence-corrected chi connectivity index (χ0v) is 22.4. The molecule has 0 saturated heterocycles. The van der Waals surface area contributed by atoms with Crippen molar-refractivity contribution in [1.82, 2.24) is 0 Å². The maximum atomic E-state index is 13.2. The Morgan fingerprint density at radius 2 is 1.14 bits per heavy atom. The number of aryl methyl sites for hydroxylation is 2. The largest absolute Gasteiger partial charge is 0.239 e. The van der Waals surface area contributed by atoms with Crippen molar-refractivity contribution in [2.75, 3.05) is 0 Å². The van der Waals surface area contributed by atoms with Crippen molar-refractivity contribution in [2.45, 2.75) is 56.2 Å². The molecule has 9 heteroatoms. The van der Waals surface area contributed by atoms with Crippen molar-refractivity contribution in [3.63, 3.8) is 0 Å². The molecule has 0 amide bonds. The van der Waals surface area contributed by atoms with E-state index in [4.69, 9.17) is 0 Å². The van der Waals surface area contributed by atoms with E-state index >= 15 is 0 Å².